The van der Waals surface area contributed by atoms with Crippen molar-refractivity contribution in [2.24, 2.45) is 5.92 Å². The van der Waals surface area contributed by atoms with Crippen LogP contribution in [-0.4, -0.2) is 22.6 Å². The van der Waals surface area contributed by atoms with Crippen molar-refractivity contribution in [3.63, 3.8) is 0 Å². The fourth-order valence-electron chi connectivity index (χ4n) is 2.32. The van der Waals surface area contributed by atoms with E-state index in [1.54, 1.807) is 12.1 Å². The molecule has 0 aliphatic heterocycles. The van der Waals surface area contributed by atoms with Crippen LogP contribution >= 0.6 is 0 Å². The zero-order chi connectivity index (χ0) is 18.6. The first-order chi connectivity index (χ1) is 11.6. The Morgan fingerprint density at radius 1 is 1.20 bits per heavy atom. The highest BCUT2D eigenvalue weighted by atomic mass is 16.6. The van der Waals surface area contributed by atoms with Gasteiger partial charge < -0.3 is 19.8 Å². The minimum Gasteiger partial charge on any atom is -0.444 e. The summed E-state index contributed by atoms with van der Waals surface area (Å²) in [6.07, 6.45) is -0.0783. The summed E-state index contributed by atoms with van der Waals surface area (Å²) < 4.78 is 10.6. The molecule has 1 heterocycles. The van der Waals surface area contributed by atoms with E-state index in [-0.39, 0.29) is 11.9 Å². The van der Waals surface area contributed by atoms with E-state index in [1.807, 2.05) is 46.8 Å². The number of ether oxygens (including phenoxy) is 2. The molecule has 2 aromatic rings. The van der Waals surface area contributed by atoms with E-state index in [0.717, 1.165) is 16.6 Å². The summed E-state index contributed by atoms with van der Waals surface area (Å²) >= 11 is 0. The maximum atomic E-state index is 11.8. The van der Waals surface area contributed by atoms with Crippen LogP contribution in [0, 0.1) is 5.92 Å². The van der Waals surface area contributed by atoms with E-state index in [2.05, 4.69) is 10.3 Å². The molecule has 0 atom stereocenters. The Labute approximate surface area is 147 Å². The van der Waals surface area contributed by atoms with Crippen LogP contribution in [-0.2, 0) is 16.1 Å². The summed E-state index contributed by atoms with van der Waals surface area (Å²) in [6, 6.07) is 7.32. The van der Waals surface area contributed by atoms with Gasteiger partial charge in [0, 0.05) is 23.0 Å². The van der Waals surface area contributed by atoms with Crippen LogP contribution in [0.2, 0.25) is 0 Å². The summed E-state index contributed by atoms with van der Waals surface area (Å²) in [7, 11) is 0. The van der Waals surface area contributed by atoms with E-state index in [4.69, 9.17) is 9.47 Å². The van der Waals surface area contributed by atoms with Gasteiger partial charge >= 0.3 is 12.1 Å². The average molecular weight is 346 g/mol. The minimum atomic E-state index is -0.528. The van der Waals surface area contributed by atoms with Crippen LogP contribution in [0.25, 0.3) is 10.9 Å². The second-order valence-electron chi connectivity index (χ2n) is 7.47. The van der Waals surface area contributed by atoms with Gasteiger partial charge in [0.15, 0.2) is 0 Å². The van der Waals surface area contributed by atoms with Crippen molar-refractivity contribution in [3.8, 4) is 5.75 Å². The Morgan fingerprint density at radius 2 is 1.92 bits per heavy atom. The average Bonchev–Trinajstić information content (AvgIpc) is 2.84. The fraction of sp³-hybridized carbons (Fsp3) is 0.474. The highest BCUT2D eigenvalue weighted by Crippen LogP contribution is 2.22. The van der Waals surface area contributed by atoms with Crippen LogP contribution in [0.5, 0.6) is 5.75 Å². The molecule has 2 rings (SSSR count). The van der Waals surface area contributed by atoms with Crippen LogP contribution in [0.15, 0.2) is 24.3 Å². The first kappa shape index (κ1) is 18.8. The second-order valence-corrected chi connectivity index (χ2v) is 7.47. The molecule has 0 bridgehead atoms. The van der Waals surface area contributed by atoms with Gasteiger partial charge in [-0.1, -0.05) is 13.8 Å². The molecule has 1 amide bonds. The van der Waals surface area contributed by atoms with Crippen LogP contribution in [0.4, 0.5) is 4.79 Å². The van der Waals surface area contributed by atoms with Gasteiger partial charge in [0.1, 0.15) is 11.4 Å². The molecule has 2 N–H and O–H groups in total. The zero-order valence-electron chi connectivity index (χ0n) is 15.4. The number of carbonyl (C=O) groups excluding carboxylic acids is 2. The smallest absolute Gasteiger partial charge is 0.407 e. The zero-order valence-corrected chi connectivity index (χ0v) is 15.4. The van der Waals surface area contributed by atoms with Crippen molar-refractivity contribution >= 4 is 23.0 Å². The highest BCUT2D eigenvalue weighted by molar-refractivity contribution is 5.83. The molecule has 0 fully saturated rings. The van der Waals surface area contributed by atoms with Gasteiger partial charge in [0.2, 0.25) is 0 Å². The van der Waals surface area contributed by atoms with Crippen molar-refractivity contribution in [2.45, 2.75) is 53.2 Å². The molecule has 136 valence electrons. The third-order valence-corrected chi connectivity index (χ3v) is 3.28. The number of hydrogen-bond donors (Lipinski definition) is 2. The fourth-order valence-corrected chi connectivity index (χ4v) is 2.32. The monoisotopic (exact) mass is 346 g/mol. The number of hydrogen-bond acceptors (Lipinski definition) is 4. The Morgan fingerprint density at radius 3 is 2.56 bits per heavy atom. The number of alkyl carbamates (subject to hydrolysis) is 1. The summed E-state index contributed by atoms with van der Waals surface area (Å²) in [6.45, 7) is 9.72. The van der Waals surface area contributed by atoms with E-state index in [1.165, 1.54) is 0 Å². The molecule has 1 aromatic heterocycles. The van der Waals surface area contributed by atoms with Crippen LogP contribution in [0.3, 0.4) is 0 Å². The van der Waals surface area contributed by atoms with Crippen molar-refractivity contribution in [3.05, 3.63) is 30.0 Å². The number of fused-ring (bicyclic) bond motifs is 1. The number of carbonyl (C=O) groups is 2. The maximum Gasteiger partial charge on any atom is 0.407 e. The molecule has 6 nitrogen and oxygen atoms in total. The third kappa shape index (κ3) is 6.14. The Hall–Kier alpha value is -2.50. The van der Waals surface area contributed by atoms with Crippen molar-refractivity contribution < 1.29 is 19.1 Å². The predicted molar refractivity (Wildman–Crippen MR) is 96.5 cm³/mol. The number of nitrogens with one attached hydrogen (secondary N) is 2. The van der Waals surface area contributed by atoms with Crippen LogP contribution < -0.4 is 10.1 Å². The largest absolute Gasteiger partial charge is 0.444 e. The van der Waals surface area contributed by atoms with Crippen molar-refractivity contribution in [2.75, 3.05) is 0 Å². The van der Waals surface area contributed by atoms with Crippen LogP contribution in [0.1, 0.15) is 46.7 Å². The van der Waals surface area contributed by atoms with Gasteiger partial charge in [-0.25, -0.2) is 4.79 Å². The van der Waals surface area contributed by atoms with Gasteiger partial charge in [-0.15, -0.1) is 0 Å². The van der Waals surface area contributed by atoms with E-state index < -0.39 is 11.7 Å². The van der Waals surface area contributed by atoms with Gasteiger partial charge in [0.25, 0.3) is 0 Å². The SMILES string of the molecule is CC(C)CC(=O)Oc1ccc2[nH]c(CNC(=O)OC(C)(C)C)cc2c1. The molecule has 1 aromatic carbocycles. The summed E-state index contributed by atoms with van der Waals surface area (Å²) in [4.78, 5) is 26.7. The second kappa shape index (κ2) is 7.59. The normalized spacial score (nSPS) is 11.6. The summed E-state index contributed by atoms with van der Waals surface area (Å²) in [5.41, 5.74) is 1.22. The quantitative estimate of drug-likeness (QED) is 0.630. The molecule has 0 saturated heterocycles. The van der Waals surface area contributed by atoms with Crippen molar-refractivity contribution in [1.29, 1.82) is 0 Å². The van der Waals surface area contributed by atoms with Gasteiger partial charge in [-0.05, 0) is 51.0 Å². The first-order valence-corrected chi connectivity index (χ1v) is 8.41. The van der Waals surface area contributed by atoms with Gasteiger partial charge in [-0.2, -0.15) is 0 Å². The Kier molecular flexibility index (Phi) is 5.72. The molecule has 0 radical (unpaired) electrons. The summed E-state index contributed by atoms with van der Waals surface area (Å²) in [5, 5.41) is 3.62. The molecule has 0 unspecified atom stereocenters. The lowest BCUT2D eigenvalue weighted by molar-refractivity contribution is -0.135. The number of amides is 1. The number of aromatic nitrogens is 1. The molecular formula is C19H26N2O4. The number of rotatable bonds is 5. The minimum absolute atomic E-state index is 0.239. The van der Waals surface area contributed by atoms with E-state index in [9.17, 15) is 9.59 Å². The standard InChI is InChI=1S/C19H26N2O4/c1-12(2)8-17(22)24-15-6-7-16-13(10-15)9-14(21-16)11-20-18(23)25-19(3,4)5/h6-7,9-10,12,21H,8,11H2,1-5H3,(H,20,23). The number of aromatic amines is 1. The molecule has 25 heavy (non-hydrogen) atoms. The van der Waals surface area contributed by atoms with E-state index in [0.29, 0.717) is 18.7 Å². The lowest BCUT2D eigenvalue weighted by Gasteiger charge is -2.19. The molecule has 0 aliphatic carbocycles. The Bertz CT molecular complexity index is 756. The molecular weight excluding hydrogens is 320 g/mol. The molecule has 6 heteroatoms. The molecule has 0 aliphatic rings. The first-order valence-electron chi connectivity index (χ1n) is 8.41. The molecule has 0 spiro atoms. The number of esters is 1. The number of H-pyrrole nitrogens is 1. The lowest BCUT2D eigenvalue weighted by atomic mass is 10.1. The molecule has 0 saturated carbocycles. The number of benzene rings is 1. The van der Waals surface area contributed by atoms with Gasteiger partial charge in [0.05, 0.1) is 6.54 Å². The Balaban J connectivity index is 2.00. The summed E-state index contributed by atoms with van der Waals surface area (Å²) in [5.74, 6) is 0.537. The van der Waals surface area contributed by atoms with E-state index >= 15 is 0 Å². The predicted octanol–water partition coefficient (Wildman–Crippen LogP) is 4.14. The lowest BCUT2D eigenvalue weighted by Crippen LogP contribution is -2.32. The highest BCUT2D eigenvalue weighted by Gasteiger charge is 2.16. The third-order valence-electron chi connectivity index (χ3n) is 3.28. The topological polar surface area (TPSA) is 80.4 Å². The van der Waals surface area contributed by atoms with Gasteiger partial charge in [-0.3, -0.25) is 4.79 Å². The van der Waals surface area contributed by atoms with Crippen molar-refractivity contribution in [1.82, 2.24) is 10.3 Å². The maximum absolute atomic E-state index is 11.8.